The summed E-state index contributed by atoms with van der Waals surface area (Å²) >= 11 is 0. The first-order valence-corrected chi connectivity index (χ1v) is 9.13. The van der Waals surface area contributed by atoms with Crippen LogP contribution in [0.1, 0.15) is 46.6 Å². The molecule has 5 nitrogen and oxygen atoms in total. The van der Waals surface area contributed by atoms with Gasteiger partial charge in [-0.3, -0.25) is 5.21 Å². The fourth-order valence-corrected chi connectivity index (χ4v) is 3.19. The molecule has 0 heterocycles. The van der Waals surface area contributed by atoms with Crippen LogP contribution in [0.25, 0.3) is 0 Å². The number of carbonyl (C=O) groups excluding carboxylic acids is 1. The van der Waals surface area contributed by atoms with Gasteiger partial charge in [-0.2, -0.15) is 18.2 Å². The molecule has 0 saturated heterocycles. The molecule has 0 spiro atoms. The lowest BCUT2D eigenvalue weighted by Gasteiger charge is -2.21. The Hall–Kier alpha value is -2.74. The summed E-state index contributed by atoms with van der Waals surface area (Å²) in [7, 11) is 1.12. The quantitative estimate of drug-likeness (QED) is 0.505. The molecule has 8 heteroatoms. The van der Waals surface area contributed by atoms with E-state index in [1.165, 1.54) is 12.1 Å². The van der Waals surface area contributed by atoms with E-state index < -0.39 is 17.8 Å². The average molecular weight is 409 g/mol. The highest BCUT2D eigenvalue weighted by atomic mass is 19.4. The molecule has 1 saturated carbocycles. The van der Waals surface area contributed by atoms with Crippen LogP contribution >= 0.6 is 0 Å². The summed E-state index contributed by atoms with van der Waals surface area (Å²) in [6.45, 7) is 3.08. The highest BCUT2D eigenvalue weighted by Crippen LogP contribution is 2.44. The number of amides is 1. The van der Waals surface area contributed by atoms with Crippen LogP contribution in [0.15, 0.2) is 30.3 Å². The molecule has 0 atom stereocenters. The van der Waals surface area contributed by atoms with Gasteiger partial charge in [0.25, 0.3) is 0 Å². The van der Waals surface area contributed by atoms with E-state index in [1.807, 2.05) is 6.07 Å². The third kappa shape index (κ3) is 4.48. The van der Waals surface area contributed by atoms with Gasteiger partial charge in [0, 0.05) is 5.56 Å². The van der Waals surface area contributed by atoms with E-state index in [0.29, 0.717) is 21.8 Å². The van der Waals surface area contributed by atoms with Crippen molar-refractivity contribution >= 4 is 11.8 Å². The zero-order chi connectivity index (χ0) is 21.3. The summed E-state index contributed by atoms with van der Waals surface area (Å²) in [6.07, 6.45) is -3.71. The fourth-order valence-electron chi connectivity index (χ4n) is 3.19. The monoisotopic (exact) mass is 409 g/mol. The van der Waals surface area contributed by atoms with E-state index in [9.17, 15) is 23.2 Å². The Morgan fingerprint density at radius 3 is 2.45 bits per heavy atom. The standard InChI is InChI=1S/C21H22F3NO4/c1-12-9-17(21(22,23)24)19(10-13(12)2)29-11-16-15(14-7-8-14)5-4-6-18(16)25(27)20(26)28-3/h4-6,9-10,14,27H,7-8,11H2,1-3H3. The second-order valence-corrected chi connectivity index (χ2v) is 7.12. The number of hydrogen-bond acceptors (Lipinski definition) is 4. The van der Waals surface area contributed by atoms with Gasteiger partial charge in [-0.1, -0.05) is 12.1 Å². The van der Waals surface area contributed by atoms with Crippen molar-refractivity contribution in [2.45, 2.75) is 45.4 Å². The Balaban J connectivity index is 1.99. The van der Waals surface area contributed by atoms with Crippen molar-refractivity contribution < 1.29 is 32.6 Å². The number of nitrogens with zero attached hydrogens (tertiary/aromatic N) is 1. The molecule has 0 bridgehead atoms. The van der Waals surface area contributed by atoms with Gasteiger partial charge < -0.3 is 9.47 Å². The minimum Gasteiger partial charge on any atom is -0.488 e. The van der Waals surface area contributed by atoms with E-state index in [-0.39, 0.29) is 24.0 Å². The van der Waals surface area contributed by atoms with Gasteiger partial charge in [-0.05, 0) is 67.5 Å². The fraction of sp³-hybridized carbons (Fsp3) is 0.381. The molecule has 0 radical (unpaired) electrons. The minimum absolute atomic E-state index is 0.124. The molecule has 1 N–H and O–H groups in total. The number of hydrogen-bond donors (Lipinski definition) is 1. The van der Waals surface area contributed by atoms with Gasteiger partial charge >= 0.3 is 12.3 Å². The first-order chi connectivity index (χ1) is 13.6. The van der Waals surface area contributed by atoms with Crippen molar-refractivity contribution in [3.63, 3.8) is 0 Å². The summed E-state index contributed by atoms with van der Waals surface area (Å²) in [5, 5.41) is 10.5. The van der Waals surface area contributed by atoms with Crippen LogP contribution < -0.4 is 9.80 Å². The van der Waals surface area contributed by atoms with E-state index >= 15 is 0 Å². The van der Waals surface area contributed by atoms with Crippen molar-refractivity contribution in [1.82, 2.24) is 0 Å². The first-order valence-electron chi connectivity index (χ1n) is 9.13. The van der Waals surface area contributed by atoms with Gasteiger partial charge in [0.2, 0.25) is 0 Å². The number of anilines is 1. The van der Waals surface area contributed by atoms with Gasteiger partial charge in [-0.15, -0.1) is 0 Å². The van der Waals surface area contributed by atoms with Crippen LogP contribution in [-0.4, -0.2) is 18.4 Å². The maximum absolute atomic E-state index is 13.5. The van der Waals surface area contributed by atoms with Crippen LogP contribution in [-0.2, 0) is 17.5 Å². The summed E-state index contributed by atoms with van der Waals surface area (Å²) in [6, 6.07) is 7.41. The average Bonchev–Trinajstić information content (AvgIpc) is 3.51. The van der Waals surface area contributed by atoms with Crippen molar-refractivity contribution in [2.24, 2.45) is 0 Å². The smallest absolute Gasteiger partial charge is 0.438 e. The Kier molecular flexibility index (Phi) is 5.75. The van der Waals surface area contributed by atoms with Crippen LogP contribution in [0, 0.1) is 13.8 Å². The van der Waals surface area contributed by atoms with E-state index in [0.717, 1.165) is 31.6 Å². The molecule has 0 aromatic heterocycles. The number of hydroxylamine groups is 1. The highest BCUT2D eigenvalue weighted by molar-refractivity contribution is 5.86. The number of aryl methyl sites for hydroxylation is 2. The second kappa shape index (κ2) is 7.94. The molecule has 29 heavy (non-hydrogen) atoms. The van der Waals surface area contributed by atoms with Crippen molar-refractivity contribution in [3.8, 4) is 5.75 Å². The number of alkyl halides is 3. The molecule has 0 unspecified atom stereocenters. The minimum atomic E-state index is -4.57. The number of benzene rings is 2. The van der Waals surface area contributed by atoms with E-state index in [4.69, 9.17) is 4.74 Å². The summed E-state index contributed by atoms with van der Waals surface area (Å²) in [5.74, 6) is -0.0684. The zero-order valence-corrected chi connectivity index (χ0v) is 16.3. The summed E-state index contributed by atoms with van der Waals surface area (Å²) in [4.78, 5) is 11.8. The Morgan fingerprint density at radius 1 is 1.21 bits per heavy atom. The predicted molar refractivity (Wildman–Crippen MR) is 100 cm³/mol. The molecule has 156 valence electrons. The third-order valence-corrected chi connectivity index (χ3v) is 5.05. The first kappa shape index (κ1) is 21.0. The van der Waals surface area contributed by atoms with Gasteiger partial charge in [0.05, 0.1) is 18.4 Å². The molecule has 1 fully saturated rings. The lowest BCUT2D eigenvalue weighted by Crippen LogP contribution is -2.28. The number of methoxy groups -OCH3 is 1. The molecule has 2 aromatic rings. The topological polar surface area (TPSA) is 59.0 Å². The summed E-state index contributed by atoms with van der Waals surface area (Å²) in [5.41, 5.74) is 1.73. The lowest BCUT2D eigenvalue weighted by molar-refractivity contribution is -0.139. The predicted octanol–water partition coefficient (Wildman–Crippen LogP) is 5.74. The molecule has 1 aliphatic rings. The molecule has 1 amide bonds. The number of halogens is 3. The lowest BCUT2D eigenvalue weighted by atomic mass is 10.0. The van der Waals surface area contributed by atoms with Crippen molar-refractivity contribution in [1.29, 1.82) is 0 Å². The molecule has 3 rings (SSSR count). The van der Waals surface area contributed by atoms with Gasteiger partial charge in [-0.25, -0.2) is 4.79 Å². The molecular weight excluding hydrogens is 387 g/mol. The highest BCUT2D eigenvalue weighted by Gasteiger charge is 2.35. The van der Waals surface area contributed by atoms with Crippen molar-refractivity contribution in [2.75, 3.05) is 12.2 Å². The summed E-state index contributed by atoms with van der Waals surface area (Å²) < 4.78 is 50.6. The maximum Gasteiger partial charge on any atom is 0.438 e. The van der Waals surface area contributed by atoms with E-state index in [1.54, 1.807) is 19.9 Å². The van der Waals surface area contributed by atoms with Crippen LogP contribution in [0.2, 0.25) is 0 Å². The third-order valence-electron chi connectivity index (χ3n) is 5.05. The molecule has 1 aliphatic carbocycles. The van der Waals surface area contributed by atoms with Gasteiger partial charge in [0.1, 0.15) is 12.4 Å². The van der Waals surface area contributed by atoms with Crippen LogP contribution in [0.4, 0.5) is 23.7 Å². The second-order valence-electron chi connectivity index (χ2n) is 7.12. The molecule has 0 aliphatic heterocycles. The number of rotatable bonds is 5. The van der Waals surface area contributed by atoms with Gasteiger partial charge in [0.15, 0.2) is 0 Å². The number of ether oxygens (including phenoxy) is 2. The number of carbonyl (C=O) groups is 1. The van der Waals surface area contributed by atoms with Crippen LogP contribution in [0.5, 0.6) is 5.75 Å². The SMILES string of the molecule is COC(=O)N(O)c1cccc(C2CC2)c1COc1cc(C)c(C)cc1C(F)(F)F. The largest absolute Gasteiger partial charge is 0.488 e. The Morgan fingerprint density at radius 2 is 1.86 bits per heavy atom. The Bertz CT molecular complexity index is 923. The molecular formula is C21H22F3NO4. The normalized spacial score (nSPS) is 13.9. The van der Waals surface area contributed by atoms with Crippen LogP contribution in [0.3, 0.4) is 0 Å². The maximum atomic E-state index is 13.5. The van der Waals surface area contributed by atoms with Crippen molar-refractivity contribution in [3.05, 3.63) is 58.1 Å². The zero-order valence-electron chi connectivity index (χ0n) is 16.3. The molecule has 2 aromatic carbocycles. The van der Waals surface area contributed by atoms with E-state index in [2.05, 4.69) is 4.74 Å². The Labute approximate surface area is 166 Å².